The minimum absolute atomic E-state index is 0.00640. The van der Waals surface area contributed by atoms with Crippen LogP contribution in [0.3, 0.4) is 0 Å². The number of ether oxygens (including phenoxy) is 1. The Labute approximate surface area is 123 Å². The van der Waals surface area contributed by atoms with Gasteiger partial charge in [0.1, 0.15) is 18.2 Å². The van der Waals surface area contributed by atoms with Crippen LogP contribution in [-0.4, -0.2) is 11.1 Å². The van der Waals surface area contributed by atoms with Gasteiger partial charge in [-0.1, -0.05) is 0 Å². The molecule has 0 aliphatic heterocycles. The molecule has 2 rings (SSSR count). The van der Waals surface area contributed by atoms with Gasteiger partial charge in [-0.25, -0.2) is 9.18 Å². The van der Waals surface area contributed by atoms with Crippen LogP contribution < -0.4 is 4.74 Å². The topological polar surface area (TPSA) is 46.5 Å². The van der Waals surface area contributed by atoms with E-state index in [-0.39, 0.29) is 17.7 Å². The van der Waals surface area contributed by atoms with Crippen LogP contribution in [0.2, 0.25) is 0 Å². The van der Waals surface area contributed by atoms with E-state index in [1.807, 2.05) is 12.1 Å². The first-order valence-corrected chi connectivity index (χ1v) is 6.54. The smallest absolute Gasteiger partial charge is 0.335 e. The van der Waals surface area contributed by atoms with E-state index in [1.54, 1.807) is 12.1 Å². The summed E-state index contributed by atoms with van der Waals surface area (Å²) in [5, 5.41) is 8.85. The second-order valence-corrected chi connectivity index (χ2v) is 5.10. The summed E-state index contributed by atoms with van der Waals surface area (Å²) >= 11 is 2.17. The van der Waals surface area contributed by atoms with Crippen molar-refractivity contribution in [3.8, 4) is 5.75 Å². The van der Waals surface area contributed by atoms with Crippen LogP contribution in [-0.2, 0) is 6.61 Å². The summed E-state index contributed by atoms with van der Waals surface area (Å²) in [5.74, 6) is -0.952. The van der Waals surface area contributed by atoms with Gasteiger partial charge in [-0.3, -0.25) is 0 Å². The Morgan fingerprint density at radius 3 is 2.53 bits per heavy atom. The molecule has 0 atom stereocenters. The Morgan fingerprint density at radius 2 is 1.89 bits per heavy atom. The molecular formula is C14H10FIO3. The van der Waals surface area contributed by atoms with Crippen molar-refractivity contribution in [2.45, 2.75) is 6.61 Å². The SMILES string of the molecule is O=C(O)c1ccc(F)c(COc2ccc(I)cc2)c1. The Bertz CT molecular complexity index is 596. The molecule has 0 aliphatic rings. The molecule has 19 heavy (non-hydrogen) atoms. The van der Waals surface area contributed by atoms with Crippen molar-refractivity contribution in [2.24, 2.45) is 0 Å². The second-order valence-electron chi connectivity index (χ2n) is 3.85. The largest absolute Gasteiger partial charge is 0.489 e. The molecule has 0 aromatic heterocycles. The van der Waals surface area contributed by atoms with Crippen LogP contribution in [0.25, 0.3) is 0 Å². The van der Waals surface area contributed by atoms with Crippen molar-refractivity contribution in [2.75, 3.05) is 0 Å². The highest BCUT2D eigenvalue weighted by atomic mass is 127. The van der Waals surface area contributed by atoms with E-state index in [0.29, 0.717) is 5.75 Å². The lowest BCUT2D eigenvalue weighted by molar-refractivity contribution is 0.0696. The van der Waals surface area contributed by atoms with Crippen LogP contribution in [0.15, 0.2) is 42.5 Å². The fraction of sp³-hybridized carbons (Fsp3) is 0.0714. The number of benzene rings is 2. The van der Waals surface area contributed by atoms with Gasteiger partial charge in [-0.05, 0) is 65.1 Å². The molecule has 5 heteroatoms. The molecule has 0 radical (unpaired) electrons. The molecule has 0 bridgehead atoms. The average molecular weight is 372 g/mol. The van der Waals surface area contributed by atoms with Crippen molar-refractivity contribution in [1.82, 2.24) is 0 Å². The number of carbonyl (C=O) groups is 1. The molecule has 3 nitrogen and oxygen atoms in total. The highest BCUT2D eigenvalue weighted by molar-refractivity contribution is 14.1. The number of hydrogen-bond acceptors (Lipinski definition) is 2. The van der Waals surface area contributed by atoms with Crippen molar-refractivity contribution >= 4 is 28.6 Å². The summed E-state index contributed by atoms with van der Waals surface area (Å²) in [4.78, 5) is 10.8. The first kappa shape index (κ1) is 13.8. The third-order valence-corrected chi connectivity index (χ3v) is 3.22. The summed E-state index contributed by atoms with van der Waals surface area (Å²) in [6.45, 7) is -0.00640. The summed E-state index contributed by atoms with van der Waals surface area (Å²) in [6, 6.07) is 11.0. The molecule has 0 unspecified atom stereocenters. The van der Waals surface area contributed by atoms with Gasteiger partial charge < -0.3 is 9.84 Å². The number of hydrogen-bond donors (Lipinski definition) is 1. The van der Waals surface area contributed by atoms with E-state index in [9.17, 15) is 9.18 Å². The lowest BCUT2D eigenvalue weighted by Crippen LogP contribution is -2.03. The van der Waals surface area contributed by atoms with E-state index < -0.39 is 11.8 Å². The van der Waals surface area contributed by atoms with Crippen LogP contribution in [0.1, 0.15) is 15.9 Å². The number of aromatic carboxylic acids is 1. The Kier molecular flexibility index (Phi) is 4.36. The molecule has 0 saturated carbocycles. The number of halogens is 2. The quantitative estimate of drug-likeness (QED) is 0.833. The summed E-state index contributed by atoms with van der Waals surface area (Å²) in [5.41, 5.74) is 0.265. The molecule has 98 valence electrons. The van der Waals surface area contributed by atoms with Crippen LogP contribution >= 0.6 is 22.6 Å². The van der Waals surface area contributed by atoms with Gasteiger partial charge in [0.25, 0.3) is 0 Å². The monoisotopic (exact) mass is 372 g/mol. The molecule has 0 fully saturated rings. The predicted molar refractivity (Wildman–Crippen MR) is 76.9 cm³/mol. The molecule has 0 saturated heterocycles. The summed E-state index contributed by atoms with van der Waals surface area (Å²) in [6.07, 6.45) is 0. The molecule has 0 spiro atoms. The third kappa shape index (κ3) is 3.66. The van der Waals surface area contributed by atoms with Crippen LogP contribution in [0.4, 0.5) is 4.39 Å². The molecule has 2 aromatic rings. The van der Waals surface area contributed by atoms with Gasteiger partial charge in [-0.15, -0.1) is 0 Å². The summed E-state index contributed by atoms with van der Waals surface area (Å²) in [7, 11) is 0. The van der Waals surface area contributed by atoms with E-state index in [0.717, 1.165) is 9.64 Å². The Balaban J connectivity index is 2.12. The molecule has 2 aromatic carbocycles. The highest BCUT2D eigenvalue weighted by Gasteiger charge is 2.09. The number of carboxylic acid groups (broad SMARTS) is 1. The van der Waals surface area contributed by atoms with Crippen molar-refractivity contribution < 1.29 is 19.0 Å². The van der Waals surface area contributed by atoms with Crippen molar-refractivity contribution in [1.29, 1.82) is 0 Å². The van der Waals surface area contributed by atoms with Gasteiger partial charge >= 0.3 is 5.97 Å². The van der Waals surface area contributed by atoms with Crippen LogP contribution in [0, 0.1) is 9.39 Å². The lowest BCUT2D eigenvalue weighted by Gasteiger charge is -2.08. The summed E-state index contributed by atoms with van der Waals surface area (Å²) < 4.78 is 20.0. The van der Waals surface area contributed by atoms with E-state index in [4.69, 9.17) is 9.84 Å². The maximum absolute atomic E-state index is 13.5. The molecule has 0 aliphatic carbocycles. The third-order valence-electron chi connectivity index (χ3n) is 2.50. The lowest BCUT2D eigenvalue weighted by atomic mass is 10.1. The van der Waals surface area contributed by atoms with Crippen molar-refractivity contribution in [3.63, 3.8) is 0 Å². The number of rotatable bonds is 4. The fourth-order valence-corrected chi connectivity index (χ4v) is 1.87. The van der Waals surface area contributed by atoms with Gasteiger partial charge in [0.15, 0.2) is 0 Å². The van der Waals surface area contributed by atoms with Gasteiger partial charge in [0.05, 0.1) is 5.56 Å². The van der Waals surface area contributed by atoms with E-state index in [1.165, 1.54) is 12.1 Å². The van der Waals surface area contributed by atoms with Gasteiger partial charge in [-0.2, -0.15) is 0 Å². The van der Waals surface area contributed by atoms with Crippen molar-refractivity contribution in [3.05, 3.63) is 63.0 Å². The Hall–Kier alpha value is -1.63. The first-order valence-electron chi connectivity index (χ1n) is 5.46. The minimum Gasteiger partial charge on any atom is -0.489 e. The van der Waals surface area contributed by atoms with Gasteiger partial charge in [0.2, 0.25) is 0 Å². The molecule has 0 heterocycles. The van der Waals surface area contributed by atoms with E-state index >= 15 is 0 Å². The Morgan fingerprint density at radius 1 is 1.21 bits per heavy atom. The predicted octanol–water partition coefficient (Wildman–Crippen LogP) is 3.71. The highest BCUT2D eigenvalue weighted by Crippen LogP contribution is 2.17. The maximum atomic E-state index is 13.5. The zero-order chi connectivity index (χ0) is 13.8. The maximum Gasteiger partial charge on any atom is 0.335 e. The number of carboxylic acids is 1. The molecule has 0 amide bonds. The van der Waals surface area contributed by atoms with E-state index in [2.05, 4.69) is 22.6 Å². The minimum atomic E-state index is -1.09. The van der Waals surface area contributed by atoms with Crippen LogP contribution in [0.5, 0.6) is 5.75 Å². The molecule has 1 N–H and O–H groups in total. The molecular weight excluding hydrogens is 362 g/mol. The zero-order valence-electron chi connectivity index (χ0n) is 9.77. The normalized spacial score (nSPS) is 10.2. The average Bonchev–Trinajstić information content (AvgIpc) is 2.39. The zero-order valence-corrected chi connectivity index (χ0v) is 11.9. The standard InChI is InChI=1S/C14H10FIO3/c15-13-6-1-9(14(17)18)7-10(13)8-19-12-4-2-11(16)3-5-12/h1-7H,8H2,(H,17,18). The first-order chi connectivity index (χ1) is 9.06. The second kappa shape index (κ2) is 6.01. The fourth-order valence-electron chi connectivity index (χ4n) is 1.51. The van der Waals surface area contributed by atoms with Gasteiger partial charge in [0, 0.05) is 9.13 Å².